The lowest BCUT2D eigenvalue weighted by atomic mass is 10.2. The monoisotopic (exact) mass is 327 g/mol. The van der Waals surface area contributed by atoms with Crippen LogP contribution in [0.1, 0.15) is 16.1 Å². The third kappa shape index (κ3) is 4.80. The minimum Gasteiger partial charge on any atom is -0.468 e. The Labute approximate surface area is 128 Å². The molecule has 0 aromatic carbocycles. The SMILES string of the molecule is Nc1nccnc1C(=O)NCc1cccnc1OCC(F)(F)F. The van der Waals surface area contributed by atoms with Gasteiger partial charge in [-0.25, -0.2) is 15.0 Å². The zero-order chi connectivity index (χ0) is 16.9. The number of rotatable bonds is 5. The quantitative estimate of drug-likeness (QED) is 0.859. The third-order valence-electron chi connectivity index (χ3n) is 2.60. The Kier molecular flexibility index (Phi) is 4.94. The second-order valence-electron chi connectivity index (χ2n) is 4.34. The fraction of sp³-hybridized carbons (Fsp3) is 0.231. The Morgan fingerprint density at radius 1 is 1.22 bits per heavy atom. The van der Waals surface area contributed by atoms with Crippen molar-refractivity contribution >= 4 is 11.7 Å². The van der Waals surface area contributed by atoms with Gasteiger partial charge in [0.2, 0.25) is 5.88 Å². The average Bonchev–Trinajstić information content (AvgIpc) is 2.51. The van der Waals surface area contributed by atoms with Crippen molar-refractivity contribution in [1.29, 1.82) is 0 Å². The van der Waals surface area contributed by atoms with Gasteiger partial charge in [0.15, 0.2) is 18.1 Å². The van der Waals surface area contributed by atoms with E-state index in [0.717, 1.165) is 0 Å². The van der Waals surface area contributed by atoms with Gasteiger partial charge in [0.05, 0.1) is 0 Å². The molecule has 23 heavy (non-hydrogen) atoms. The molecule has 0 saturated heterocycles. The van der Waals surface area contributed by atoms with Gasteiger partial charge in [-0.1, -0.05) is 6.07 Å². The molecule has 2 heterocycles. The summed E-state index contributed by atoms with van der Waals surface area (Å²) in [4.78, 5) is 23.2. The van der Waals surface area contributed by atoms with Gasteiger partial charge >= 0.3 is 6.18 Å². The molecule has 0 aliphatic carbocycles. The standard InChI is InChI=1S/C13H12F3N5O2/c14-13(15,16)7-23-12-8(2-1-3-20-12)6-21-11(22)9-10(17)19-5-4-18-9/h1-5H,6-7H2,(H2,17,19)(H,21,22). The predicted molar refractivity (Wildman–Crippen MR) is 73.4 cm³/mol. The molecular formula is C13H12F3N5O2. The summed E-state index contributed by atoms with van der Waals surface area (Å²) in [6.45, 7) is -1.57. The molecule has 0 aliphatic heterocycles. The normalized spacial score (nSPS) is 11.1. The molecule has 122 valence electrons. The zero-order valence-corrected chi connectivity index (χ0v) is 11.7. The maximum absolute atomic E-state index is 12.2. The number of nitrogens with two attached hydrogens (primary N) is 1. The summed E-state index contributed by atoms with van der Waals surface area (Å²) in [6.07, 6.45) is -0.562. The molecule has 0 unspecified atom stereocenters. The summed E-state index contributed by atoms with van der Waals surface area (Å²) in [5.41, 5.74) is 5.73. The topological polar surface area (TPSA) is 103 Å². The fourth-order valence-electron chi connectivity index (χ4n) is 1.62. The molecule has 0 bridgehead atoms. The van der Waals surface area contributed by atoms with Crippen LogP contribution in [0.15, 0.2) is 30.7 Å². The molecule has 0 aliphatic rings. The van der Waals surface area contributed by atoms with Crippen LogP contribution in [0.3, 0.4) is 0 Å². The lowest BCUT2D eigenvalue weighted by molar-refractivity contribution is -0.154. The number of hydrogen-bond donors (Lipinski definition) is 2. The summed E-state index contributed by atoms with van der Waals surface area (Å²) in [6, 6.07) is 3.00. The van der Waals surface area contributed by atoms with Crippen LogP contribution < -0.4 is 15.8 Å². The minimum absolute atomic E-state index is 0.0512. The lowest BCUT2D eigenvalue weighted by Crippen LogP contribution is -2.26. The highest BCUT2D eigenvalue weighted by molar-refractivity contribution is 5.96. The number of anilines is 1. The van der Waals surface area contributed by atoms with E-state index < -0.39 is 18.7 Å². The van der Waals surface area contributed by atoms with Crippen LogP contribution in [0, 0.1) is 0 Å². The first-order valence-corrected chi connectivity index (χ1v) is 6.35. The minimum atomic E-state index is -4.48. The number of carbonyl (C=O) groups is 1. The van der Waals surface area contributed by atoms with E-state index in [1.165, 1.54) is 30.7 Å². The highest BCUT2D eigenvalue weighted by atomic mass is 19.4. The van der Waals surface area contributed by atoms with Gasteiger partial charge in [0, 0.05) is 30.7 Å². The van der Waals surface area contributed by atoms with E-state index in [-0.39, 0.29) is 29.5 Å². The zero-order valence-electron chi connectivity index (χ0n) is 11.7. The smallest absolute Gasteiger partial charge is 0.422 e. The molecule has 3 N–H and O–H groups in total. The highest BCUT2D eigenvalue weighted by Gasteiger charge is 2.29. The van der Waals surface area contributed by atoms with Gasteiger partial charge in [-0.15, -0.1) is 0 Å². The van der Waals surface area contributed by atoms with Gasteiger partial charge in [-0.3, -0.25) is 4.79 Å². The number of alkyl halides is 3. The molecule has 10 heteroatoms. The van der Waals surface area contributed by atoms with E-state index in [4.69, 9.17) is 5.73 Å². The second kappa shape index (κ2) is 6.90. The van der Waals surface area contributed by atoms with Crippen molar-refractivity contribution in [3.63, 3.8) is 0 Å². The van der Waals surface area contributed by atoms with Crippen LogP contribution in [0.25, 0.3) is 0 Å². The number of nitrogens with one attached hydrogen (secondary N) is 1. The number of halogens is 3. The Balaban J connectivity index is 2.03. The van der Waals surface area contributed by atoms with E-state index in [1.54, 1.807) is 0 Å². The van der Waals surface area contributed by atoms with Gasteiger partial charge in [-0.2, -0.15) is 13.2 Å². The van der Waals surface area contributed by atoms with E-state index >= 15 is 0 Å². The van der Waals surface area contributed by atoms with Crippen molar-refractivity contribution in [2.75, 3.05) is 12.3 Å². The van der Waals surface area contributed by atoms with Gasteiger partial charge < -0.3 is 15.8 Å². The summed E-state index contributed by atoms with van der Waals surface area (Å²) in [5, 5.41) is 2.47. The van der Waals surface area contributed by atoms with Crippen LogP contribution in [-0.4, -0.2) is 33.6 Å². The van der Waals surface area contributed by atoms with Gasteiger partial charge in [0.25, 0.3) is 5.91 Å². The molecule has 0 radical (unpaired) electrons. The molecule has 0 saturated carbocycles. The molecule has 1 amide bonds. The molecule has 0 atom stereocenters. The first-order chi connectivity index (χ1) is 10.9. The lowest BCUT2D eigenvalue weighted by Gasteiger charge is -2.12. The first kappa shape index (κ1) is 16.5. The predicted octanol–water partition coefficient (Wildman–Crippen LogP) is 1.32. The molecule has 0 fully saturated rings. The van der Waals surface area contributed by atoms with Crippen molar-refractivity contribution in [3.05, 3.63) is 42.0 Å². The Morgan fingerprint density at radius 3 is 2.65 bits per heavy atom. The molecule has 2 aromatic heterocycles. The number of amides is 1. The van der Waals surface area contributed by atoms with Gasteiger partial charge in [-0.05, 0) is 6.07 Å². The number of nitrogen functional groups attached to an aromatic ring is 1. The van der Waals surface area contributed by atoms with Crippen molar-refractivity contribution in [1.82, 2.24) is 20.3 Å². The molecule has 0 spiro atoms. The Hall–Kier alpha value is -2.91. The number of aromatic nitrogens is 3. The third-order valence-corrected chi connectivity index (χ3v) is 2.60. The molecule has 2 aromatic rings. The summed E-state index contributed by atoms with van der Waals surface area (Å²) in [5.74, 6) is -0.872. The Bertz CT molecular complexity index is 693. The van der Waals surface area contributed by atoms with Crippen molar-refractivity contribution in [3.8, 4) is 5.88 Å². The average molecular weight is 327 g/mol. The van der Waals surface area contributed by atoms with Crippen LogP contribution in [-0.2, 0) is 6.54 Å². The van der Waals surface area contributed by atoms with Crippen molar-refractivity contribution in [2.45, 2.75) is 12.7 Å². The summed E-state index contributed by atoms with van der Waals surface area (Å²) < 4.78 is 41.2. The summed E-state index contributed by atoms with van der Waals surface area (Å²) >= 11 is 0. The van der Waals surface area contributed by atoms with Crippen LogP contribution >= 0.6 is 0 Å². The second-order valence-corrected chi connectivity index (χ2v) is 4.34. The number of pyridine rings is 1. The Morgan fingerprint density at radius 2 is 1.96 bits per heavy atom. The molecule has 7 nitrogen and oxygen atoms in total. The van der Waals surface area contributed by atoms with E-state index in [1.807, 2.05) is 0 Å². The van der Waals surface area contributed by atoms with Crippen molar-refractivity contribution < 1.29 is 22.7 Å². The summed E-state index contributed by atoms with van der Waals surface area (Å²) in [7, 11) is 0. The largest absolute Gasteiger partial charge is 0.468 e. The maximum atomic E-state index is 12.2. The van der Waals surface area contributed by atoms with Crippen LogP contribution in [0.2, 0.25) is 0 Å². The van der Waals surface area contributed by atoms with E-state index in [0.29, 0.717) is 0 Å². The first-order valence-electron chi connectivity index (χ1n) is 6.35. The van der Waals surface area contributed by atoms with E-state index in [9.17, 15) is 18.0 Å². The highest BCUT2D eigenvalue weighted by Crippen LogP contribution is 2.20. The molecular weight excluding hydrogens is 315 g/mol. The van der Waals surface area contributed by atoms with Gasteiger partial charge in [0.1, 0.15) is 0 Å². The fourth-order valence-corrected chi connectivity index (χ4v) is 1.62. The van der Waals surface area contributed by atoms with Crippen molar-refractivity contribution in [2.24, 2.45) is 0 Å². The number of ether oxygens (including phenoxy) is 1. The van der Waals surface area contributed by atoms with Crippen LogP contribution in [0.4, 0.5) is 19.0 Å². The van der Waals surface area contributed by atoms with Crippen LogP contribution in [0.5, 0.6) is 5.88 Å². The number of hydrogen-bond acceptors (Lipinski definition) is 6. The number of nitrogens with zero attached hydrogens (tertiary/aromatic N) is 3. The molecule has 2 rings (SSSR count). The number of carbonyl (C=O) groups excluding carboxylic acids is 1. The maximum Gasteiger partial charge on any atom is 0.422 e. The van der Waals surface area contributed by atoms with E-state index in [2.05, 4.69) is 25.0 Å².